The molecule has 3 N–H and O–H groups in total. The van der Waals surface area contributed by atoms with Gasteiger partial charge in [0.2, 0.25) is 0 Å². The van der Waals surface area contributed by atoms with E-state index in [0.717, 1.165) is 12.3 Å². The van der Waals surface area contributed by atoms with Crippen LogP contribution in [0.5, 0.6) is 0 Å². The number of hydrogen-bond acceptors (Lipinski definition) is 6. The molecule has 0 bridgehead atoms. The Morgan fingerprint density at radius 1 is 1.09 bits per heavy atom. The summed E-state index contributed by atoms with van der Waals surface area (Å²) in [5.74, 6) is -0.567. The van der Waals surface area contributed by atoms with Gasteiger partial charge in [0.25, 0.3) is 0 Å². The van der Waals surface area contributed by atoms with E-state index >= 15 is 0 Å². The number of nitrogens with zero attached hydrogens (tertiary/aromatic N) is 2. The maximum atomic E-state index is 14.2. The van der Waals surface area contributed by atoms with Gasteiger partial charge in [0.05, 0.1) is 17.7 Å². The molecule has 2 aromatic carbocycles. The largest absolute Gasteiger partial charge is 0.343 e. The van der Waals surface area contributed by atoms with Crippen LogP contribution in [-0.4, -0.2) is 43.0 Å². The standard InChI is InChI=1S/C21H18FN5O4S/c1-31-27-21(28)24-16-7-13(6-15(22)10-16)19-18-9-14(11-23-20(18)26-25-19)12-4-3-5-17(8-12)32(2,29)30/h3-11H,1-2H3,(H,23,25,26)(H2,24,27,28). The normalized spacial score (nSPS) is 11.5. The number of sulfone groups is 1. The molecule has 4 aromatic rings. The zero-order chi connectivity index (χ0) is 22.9. The second-order valence-corrected chi connectivity index (χ2v) is 9.00. The number of amides is 2. The van der Waals surface area contributed by atoms with E-state index in [0.29, 0.717) is 33.4 Å². The fourth-order valence-electron chi connectivity index (χ4n) is 3.24. The molecule has 2 heterocycles. The monoisotopic (exact) mass is 455 g/mol. The molecule has 164 valence electrons. The minimum absolute atomic E-state index is 0.192. The third-order valence-electron chi connectivity index (χ3n) is 4.64. The molecule has 32 heavy (non-hydrogen) atoms. The van der Waals surface area contributed by atoms with Crippen molar-refractivity contribution in [1.29, 1.82) is 0 Å². The van der Waals surface area contributed by atoms with Crippen LogP contribution in [0.25, 0.3) is 33.4 Å². The van der Waals surface area contributed by atoms with Gasteiger partial charge in [0.15, 0.2) is 15.5 Å². The van der Waals surface area contributed by atoms with Crippen LogP contribution in [0, 0.1) is 5.82 Å². The number of urea groups is 1. The summed E-state index contributed by atoms with van der Waals surface area (Å²) in [6, 6.07) is 11.7. The van der Waals surface area contributed by atoms with Gasteiger partial charge in [-0.1, -0.05) is 12.1 Å². The number of aromatic nitrogens is 3. The predicted octanol–water partition coefficient (Wildman–Crippen LogP) is 3.52. The fourth-order valence-corrected chi connectivity index (χ4v) is 3.91. The number of pyridine rings is 1. The summed E-state index contributed by atoms with van der Waals surface area (Å²) in [5, 5.41) is 10.1. The van der Waals surface area contributed by atoms with Crippen LogP contribution in [-0.2, 0) is 14.7 Å². The van der Waals surface area contributed by atoms with Crippen molar-refractivity contribution in [3.05, 3.63) is 60.5 Å². The van der Waals surface area contributed by atoms with E-state index in [-0.39, 0.29) is 10.6 Å². The van der Waals surface area contributed by atoms with Crippen molar-refractivity contribution in [1.82, 2.24) is 20.7 Å². The van der Waals surface area contributed by atoms with Crippen LogP contribution in [0.3, 0.4) is 0 Å². The average Bonchev–Trinajstić information content (AvgIpc) is 3.16. The Hall–Kier alpha value is -3.83. The number of fused-ring (bicyclic) bond motifs is 1. The number of rotatable bonds is 5. The van der Waals surface area contributed by atoms with E-state index in [9.17, 15) is 17.6 Å². The molecule has 0 atom stereocenters. The third-order valence-corrected chi connectivity index (χ3v) is 5.75. The summed E-state index contributed by atoms with van der Waals surface area (Å²) in [6.07, 6.45) is 2.73. The molecule has 0 saturated heterocycles. The molecular weight excluding hydrogens is 437 g/mol. The van der Waals surface area contributed by atoms with Crippen molar-refractivity contribution < 1.29 is 22.4 Å². The number of hydroxylamine groups is 1. The number of carbonyl (C=O) groups is 1. The number of halogens is 1. The van der Waals surface area contributed by atoms with E-state index in [2.05, 4.69) is 30.8 Å². The highest BCUT2D eigenvalue weighted by atomic mass is 32.2. The van der Waals surface area contributed by atoms with Gasteiger partial charge in [-0.2, -0.15) is 5.10 Å². The van der Waals surface area contributed by atoms with Gasteiger partial charge in [-0.3, -0.25) is 9.94 Å². The van der Waals surface area contributed by atoms with Crippen LogP contribution in [0.1, 0.15) is 0 Å². The highest BCUT2D eigenvalue weighted by Gasteiger charge is 2.14. The third kappa shape index (κ3) is 4.43. The van der Waals surface area contributed by atoms with E-state index in [1.807, 2.05) is 0 Å². The number of anilines is 1. The van der Waals surface area contributed by atoms with Crippen LogP contribution >= 0.6 is 0 Å². The number of carbonyl (C=O) groups excluding carboxylic acids is 1. The Bertz CT molecular complexity index is 1440. The Labute approximate surface area is 182 Å². The Kier molecular flexibility index (Phi) is 5.59. The first-order valence-electron chi connectivity index (χ1n) is 9.30. The van der Waals surface area contributed by atoms with Gasteiger partial charge in [-0.15, -0.1) is 0 Å². The summed E-state index contributed by atoms with van der Waals surface area (Å²) in [7, 11) is -2.09. The zero-order valence-electron chi connectivity index (χ0n) is 17.0. The van der Waals surface area contributed by atoms with Crippen LogP contribution in [0.15, 0.2) is 59.6 Å². The molecule has 11 heteroatoms. The predicted molar refractivity (Wildman–Crippen MR) is 117 cm³/mol. The molecule has 4 rings (SSSR count). The lowest BCUT2D eigenvalue weighted by molar-refractivity contribution is 0.114. The summed E-state index contributed by atoms with van der Waals surface area (Å²) in [5.41, 5.74) is 4.95. The first-order valence-corrected chi connectivity index (χ1v) is 11.2. The van der Waals surface area contributed by atoms with E-state index < -0.39 is 21.7 Å². The smallest absolute Gasteiger partial charge is 0.306 e. The average molecular weight is 455 g/mol. The highest BCUT2D eigenvalue weighted by molar-refractivity contribution is 7.90. The molecule has 0 spiro atoms. The lowest BCUT2D eigenvalue weighted by Crippen LogP contribution is -2.27. The molecule has 2 amide bonds. The zero-order valence-corrected chi connectivity index (χ0v) is 17.8. The van der Waals surface area contributed by atoms with Crippen molar-refractivity contribution >= 4 is 32.6 Å². The SMILES string of the molecule is CONC(=O)Nc1cc(F)cc(-c2[nH]nc3ncc(-c4cccc(S(C)(=O)=O)c4)cc23)c1. The Balaban J connectivity index is 1.78. The number of hydrogen-bond donors (Lipinski definition) is 3. The summed E-state index contributed by atoms with van der Waals surface area (Å²) < 4.78 is 38.0. The minimum atomic E-state index is -3.37. The molecule has 0 unspecified atom stereocenters. The van der Waals surface area contributed by atoms with Crippen molar-refractivity contribution in [2.45, 2.75) is 4.90 Å². The van der Waals surface area contributed by atoms with Gasteiger partial charge in [-0.25, -0.2) is 28.1 Å². The summed E-state index contributed by atoms with van der Waals surface area (Å²) in [6.45, 7) is 0. The Morgan fingerprint density at radius 3 is 2.66 bits per heavy atom. The van der Waals surface area contributed by atoms with Gasteiger partial charge in [-0.05, 0) is 42.0 Å². The van der Waals surface area contributed by atoms with Crippen molar-refractivity contribution in [2.75, 3.05) is 18.7 Å². The first kappa shape index (κ1) is 21.4. The maximum Gasteiger partial charge on any atom is 0.343 e. The number of H-pyrrole nitrogens is 1. The van der Waals surface area contributed by atoms with Crippen LogP contribution in [0.2, 0.25) is 0 Å². The molecule has 0 fully saturated rings. The topological polar surface area (TPSA) is 126 Å². The number of benzene rings is 2. The van der Waals surface area contributed by atoms with E-state index in [1.54, 1.807) is 36.5 Å². The maximum absolute atomic E-state index is 14.2. The number of aromatic amines is 1. The second kappa shape index (κ2) is 8.36. The molecule has 0 radical (unpaired) electrons. The second-order valence-electron chi connectivity index (χ2n) is 6.98. The molecule has 0 aliphatic carbocycles. The van der Waals surface area contributed by atoms with Crippen LogP contribution in [0.4, 0.5) is 14.9 Å². The lowest BCUT2D eigenvalue weighted by atomic mass is 10.0. The van der Waals surface area contributed by atoms with Gasteiger partial charge in [0.1, 0.15) is 5.82 Å². The van der Waals surface area contributed by atoms with E-state index in [1.165, 1.54) is 19.2 Å². The Morgan fingerprint density at radius 2 is 1.91 bits per heavy atom. The minimum Gasteiger partial charge on any atom is -0.306 e. The number of nitrogens with one attached hydrogen (secondary N) is 3. The van der Waals surface area contributed by atoms with Crippen LogP contribution < -0.4 is 10.8 Å². The molecule has 0 aliphatic heterocycles. The van der Waals surface area contributed by atoms with Gasteiger partial charge < -0.3 is 5.32 Å². The van der Waals surface area contributed by atoms with Crippen molar-refractivity contribution in [2.24, 2.45) is 0 Å². The van der Waals surface area contributed by atoms with Crippen molar-refractivity contribution in [3.63, 3.8) is 0 Å². The summed E-state index contributed by atoms with van der Waals surface area (Å²) >= 11 is 0. The first-order chi connectivity index (χ1) is 15.2. The van der Waals surface area contributed by atoms with Crippen molar-refractivity contribution in [3.8, 4) is 22.4 Å². The summed E-state index contributed by atoms with van der Waals surface area (Å²) in [4.78, 5) is 20.7. The van der Waals surface area contributed by atoms with Gasteiger partial charge in [0, 0.05) is 34.7 Å². The van der Waals surface area contributed by atoms with E-state index in [4.69, 9.17) is 0 Å². The molecule has 0 aliphatic rings. The molecule has 2 aromatic heterocycles. The lowest BCUT2D eigenvalue weighted by Gasteiger charge is -2.08. The van der Waals surface area contributed by atoms with Gasteiger partial charge >= 0.3 is 6.03 Å². The quantitative estimate of drug-likeness (QED) is 0.395. The fraction of sp³-hybridized carbons (Fsp3) is 0.0952. The highest BCUT2D eigenvalue weighted by Crippen LogP contribution is 2.31. The molecule has 0 saturated carbocycles. The molecule has 9 nitrogen and oxygen atoms in total. The molecular formula is C21H18FN5O4S.